The van der Waals surface area contributed by atoms with Gasteiger partial charge >= 0.3 is 0 Å². The van der Waals surface area contributed by atoms with E-state index < -0.39 is 0 Å². The molecule has 0 aromatic carbocycles. The Bertz CT molecular complexity index is 176. The van der Waals surface area contributed by atoms with Gasteiger partial charge in [-0.15, -0.1) is 0 Å². The van der Waals surface area contributed by atoms with Gasteiger partial charge in [-0.25, -0.2) is 0 Å². The zero-order chi connectivity index (χ0) is 10.4. The van der Waals surface area contributed by atoms with Crippen LogP contribution in [0.2, 0.25) is 0 Å². The summed E-state index contributed by atoms with van der Waals surface area (Å²) in [6.07, 6.45) is 2.07. The molecule has 0 aliphatic carbocycles. The third-order valence-electron chi connectivity index (χ3n) is 2.76. The third kappa shape index (κ3) is 3.72. The highest BCUT2D eigenvalue weighted by atomic mass is 16.5. The molecule has 2 atom stereocenters. The second-order valence-electron chi connectivity index (χ2n) is 4.07. The van der Waals surface area contributed by atoms with E-state index in [0.717, 1.165) is 19.5 Å². The molecule has 0 spiro atoms. The van der Waals surface area contributed by atoms with Crippen molar-refractivity contribution >= 4 is 0 Å². The summed E-state index contributed by atoms with van der Waals surface area (Å²) in [6.45, 7) is 5.32. The fraction of sp³-hybridized carbons (Fsp3) is 1.00. The fourth-order valence-electron chi connectivity index (χ4n) is 2.00. The van der Waals surface area contributed by atoms with E-state index in [-0.39, 0.29) is 6.04 Å². The zero-order valence-electron chi connectivity index (χ0n) is 9.11. The van der Waals surface area contributed by atoms with Crippen LogP contribution in [0.3, 0.4) is 0 Å². The molecule has 82 valence electrons. The van der Waals surface area contributed by atoms with Gasteiger partial charge in [-0.05, 0) is 39.3 Å². The summed E-state index contributed by atoms with van der Waals surface area (Å²) < 4.78 is 5.22. The van der Waals surface area contributed by atoms with Crippen molar-refractivity contribution in [3.05, 3.63) is 4.91 Å². The first kappa shape index (κ1) is 11.6. The smallest absolute Gasteiger partial charge is 0.115 e. The van der Waals surface area contributed by atoms with Crippen LogP contribution in [0.4, 0.5) is 0 Å². The number of likely N-dealkylation sites (tertiary alicyclic amines) is 1. The summed E-state index contributed by atoms with van der Waals surface area (Å²) in [6, 6.07) is -0.147. The Morgan fingerprint density at radius 2 is 2.43 bits per heavy atom. The molecule has 0 saturated carbocycles. The van der Waals surface area contributed by atoms with Crippen molar-refractivity contribution in [2.24, 2.45) is 11.1 Å². The highest BCUT2D eigenvalue weighted by Gasteiger charge is 2.23. The summed E-state index contributed by atoms with van der Waals surface area (Å²) in [5.41, 5.74) is 0. The van der Waals surface area contributed by atoms with Crippen LogP contribution < -0.4 is 0 Å². The van der Waals surface area contributed by atoms with Gasteiger partial charge in [0.05, 0.1) is 6.61 Å². The van der Waals surface area contributed by atoms with Gasteiger partial charge in [-0.1, -0.05) is 5.18 Å². The lowest BCUT2D eigenvalue weighted by Crippen LogP contribution is -2.20. The van der Waals surface area contributed by atoms with Gasteiger partial charge in [0.1, 0.15) is 6.04 Å². The molecule has 1 aliphatic heterocycles. The van der Waals surface area contributed by atoms with Crippen LogP contribution in [0.15, 0.2) is 5.18 Å². The molecular weight excluding hydrogens is 180 g/mol. The molecule has 0 bridgehead atoms. The molecule has 0 aromatic rings. The van der Waals surface area contributed by atoms with Gasteiger partial charge in [0, 0.05) is 13.2 Å². The fourth-order valence-corrected chi connectivity index (χ4v) is 2.00. The van der Waals surface area contributed by atoms with E-state index in [0.29, 0.717) is 19.1 Å². The lowest BCUT2D eigenvalue weighted by atomic mass is 10.00. The van der Waals surface area contributed by atoms with Gasteiger partial charge in [-0.3, -0.25) is 0 Å². The average molecular weight is 200 g/mol. The second-order valence-corrected chi connectivity index (χ2v) is 4.07. The summed E-state index contributed by atoms with van der Waals surface area (Å²) >= 11 is 0. The molecule has 2 unspecified atom stereocenters. The molecule has 0 radical (unpaired) electrons. The molecule has 1 saturated heterocycles. The van der Waals surface area contributed by atoms with Gasteiger partial charge in [-0.2, -0.15) is 4.91 Å². The number of nitroso groups, excluding NO2 is 1. The number of hydrogen-bond donors (Lipinski definition) is 0. The van der Waals surface area contributed by atoms with Crippen LogP contribution >= 0.6 is 0 Å². The van der Waals surface area contributed by atoms with Crippen molar-refractivity contribution in [2.45, 2.75) is 25.8 Å². The Labute approximate surface area is 85.6 Å². The Morgan fingerprint density at radius 1 is 1.64 bits per heavy atom. The van der Waals surface area contributed by atoms with E-state index in [4.69, 9.17) is 4.74 Å². The molecule has 0 aromatic heterocycles. The summed E-state index contributed by atoms with van der Waals surface area (Å²) in [5, 5.41) is 3.12. The largest absolute Gasteiger partial charge is 0.379 e. The Balaban J connectivity index is 2.22. The van der Waals surface area contributed by atoms with E-state index in [2.05, 4.69) is 17.1 Å². The van der Waals surface area contributed by atoms with E-state index in [1.165, 1.54) is 6.42 Å². The molecule has 1 rings (SSSR count). The molecule has 1 aliphatic rings. The first-order valence-electron chi connectivity index (χ1n) is 5.35. The molecule has 0 N–H and O–H groups in total. The van der Waals surface area contributed by atoms with Crippen LogP contribution in [-0.4, -0.2) is 44.3 Å². The van der Waals surface area contributed by atoms with Crippen molar-refractivity contribution < 1.29 is 4.74 Å². The lowest BCUT2D eigenvalue weighted by Gasteiger charge is -2.14. The van der Waals surface area contributed by atoms with Gasteiger partial charge in [0.15, 0.2) is 0 Å². The standard InChI is InChI=1S/C10H20N2O2/c1-3-14-8-10(11-13)6-9-4-5-12(2)7-9/h9-10H,3-8H2,1-2H3. The SMILES string of the molecule is CCOCC(CC1CCN(C)C1)N=O. The summed E-state index contributed by atoms with van der Waals surface area (Å²) in [7, 11) is 2.12. The van der Waals surface area contributed by atoms with Crippen LogP contribution in [0.25, 0.3) is 0 Å². The predicted octanol–water partition coefficient (Wildman–Crippen LogP) is 1.50. The Hall–Kier alpha value is -0.480. The summed E-state index contributed by atoms with van der Waals surface area (Å²) in [5.74, 6) is 0.628. The first-order chi connectivity index (χ1) is 6.76. The number of hydrogen-bond acceptors (Lipinski definition) is 4. The lowest BCUT2D eigenvalue weighted by molar-refractivity contribution is 0.126. The molecule has 14 heavy (non-hydrogen) atoms. The monoisotopic (exact) mass is 200 g/mol. The minimum Gasteiger partial charge on any atom is -0.379 e. The minimum atomic E-state index is -0.147. The zero-order valence-corrected chi connectivity index (χ0v) is 9.11. The van der Waals surface area contributed by atoms with Crippen molar-refractivity contribution in [2.75, 3.05) is 33.4 Å². The second kappa shape index (κ2) is 6.09. The molecule has 0 amide bonds. The van der Waals surface area contributed by atoms with Crippen LogP contribution in [0.5, 0.6) is 0 Å². The van der Waals surface area contributed by atoms with E-state index in [1.807, 2.05) is 6.92 Å². The molecular formula is C10H20N2O2. The maximum absolute atomic E-state index is 10.5. The number of ether oxygens (including phenoxy) is 1. The Morgan fingerprint density at radius 3 is 2.93 bits per heavy atom. The van der Waals surface area contributed by atoms with Crippen LogP contribution in [0, 0.1) is 10.8 Å². The van der Waals surface area contributed by atoms with Gasteiger partial charge < -0.3 is 9.64 Å². The average Bonchev–Trinajstić information content (AvgIpc) is 2.58. The van der Waals surface area contributed by atoms with Gasteiger partial charge in [0.2, 0.25) is 0 Å². The van der Waals surface area contributed by atoms with Crippen molar-refractivity contribution in [3.63, 3.8) is 0 Å². The van der Waals surface area contributed by atoms with E-state index >= 15 is 0 Å². The molecule has 1 heterocycles. The first-order valence-corrected chi connectivity index (χ1v) is 5.35. The van der Waals surface area contributed by atoms with Crippen molar-refractivity contribution in [1.82, 2.24) is 4.90 Å². The highest BCUT2D eigenvalue weighted by Crippen LogP contribution is 2.20. The predicted molar refractivity (Wildman–Crippen MR) is 56.3 cm³/mol. The molecule has 4 nitrogen and oxygen atoms in total. The number of nitrogens with zero attached hydrogens (tertiary/aromatic N) is 2. The third-order valence-corrected chi connectivity index (χ3v) is 2.76. The highest BCUT2D eigenvalue weighted by molar-refractivity contribution is 4.78. The van der Waals surface area contributed by atoms with Crippen molar-refractivity contribution in [1.29, 1.82) is 0 Å². The molecule has 1 fully saturated rings. The topological polar surface area (TPSA) is 41.9 Å². The van der Waals surface area contributed by atoms with E-state index in [9.17, 15) is 4.91 Å². The van der Waals surface area contributed by atoms with Crippen molar-refractivity contribution in [3.8, 4) is 0 Å². The number of rotatable bonds is 6. The van der Waals surface area contributed by atoms with Gasteiger partial charge in [0.25, 0.3) is 0 Å². The maximum Gasteiger partial charge on any atom is 0.115 e. The maximum atomic E-state index is 10.5. The van der Waals surface area contributed by atoms with Crippen LogP contribution in [0.1, 0.15) is 19.8 Å². The normalized spacial score (nSPS) is 25.1. The molecule has 4 heteroatoms. The van der Waals surface area contributed by atoms with E-state index in [1.54, 1.807) is 0 Å². The summed E-state index contributed by atoms with van der Waals surface area (Å²) in [4.78, 5) is 12.8. The quantitative estimate of drug-likeness (QED) is 0.610. The Kier molecular flexibility index (Phi) is 5.04. The van der Waals surface area contributed by atoms with Crippen LogP contribution in [-0.2, 0) is 4.74 Å². The minimum absolute atomic E-state index is 0.147.